The minimum absolute atomic E-state index is 0.0140. The summed E-state index contributed by atoms with van der Waals surface area (Å²) in [6.07, 6.45) is -0.621. The summed E-state index contributed by atoms with van der Waals surface area (Å²) in [5.74, 6) is -2.11. The molecule has 1 heterocycles. The molecule has 0 spiro atoms. The average molecular weight is 464 g/mol. The number of aryl methyl sites for hydroxylation is 1. The number of nitrogens with one attached hydrogen (secondary N) is 2. The SMILES string of the molecule is Cn1nc(CNC(=O)OCC2c3ccccc3-c3ccccc32)cc1C(=O)NC(CO)C(=O)O. The highest BCUT2D eigenvalue weighted by atomic mass is 16.5. The molecule has 0 fully saturated rings. The Bertz CT molecular complexity index is 1190. The first-order valence-corrected chi connectivity index (χ1v) is 10.6. The molecule has 4 N–H and O–H groups in total. The van der Waals surface area contributed by atoms with E-state index in [-0.39, 0.29) is 24.8 Å². The second-order valence-electron chi connectivity index (χ2n) is 7.87. The molecule has 2 aromatic carbocycles. The molecule has 176 valence electrons. The van der Waals surface area contributed by atoms with Gasteiger partial charge in [0.05, 0.1) is 18.8 Å². The van der Waals surface area contributed by atoms with Gasteiger partial charge in [-0.15, -0.1) is 0 Å². The maximum Gasteiger partial charge on any atom is 0.407 e. The molecular weight excluding hydrogens is 440 g/mol. The molecular formula is C24H24N4O6. The van der Waals surface area contributed by atoms with Gasteiger partial charge >= 0.3 is 12.1 Å². The summed E-state index contributed by atoms with van der Waals surface area (Å²) in [4.78, 5) is 35.6. The number of aliphatic hydroxyl groups is 1. The van der Waals surface area contributed by atoms with Crippen LogP contribution in [0.1, 0.15) is 33.2 Å². The predicted molar refractivity (Wildman–Crippen MR) is 121 cm³/mol. The van der Waals surface area contributed by atoms with E-state index in [0.29, 0.717) is 5.69 Å². The molecule has 0 saturated carbocycles. The van der Waals surface area contributed by atoms with E-state index in [2.05, 4.69) is 27.9 Å². The minimum Gasteiger partial charge on any atom is -0.480 e. The van der Waals surface area contributed by atoms with Gasteiger partial charge in [-0.2, -0.15) is 5.10 Å². The van der Waals surface area contributed by atoms with Gasteiger partial charge in [0.15, 0.2) is 6.04 Å². The summed E-state index contributed by atoms with van der Waals surface area (Å²) in [5.41, 5.74) is 4.97. The number of aliphatic carboxylic acids is 1. The van der Waals surface area contributed by atoms with Crippen molar-refractivity contribution in [2.45, 2.75) is 18.5 Å². The van der Waals surface area contributed by atoms with Gasteiger partial charge in [0.1, 0.15) is 12.3 Å². The van der Waals surface area contributed by atoms with Crippen LogP contribution in [-0.4, -0.2) is 57.2 Å². The van der Waals surface area contributed by atoms with E-state index in [1.165, 1.54) is 17.8 Å². The van der Waals surface area contributed by atoms with E-state index < -0.39 is 30.6 Å². The number of hydrogen-bond donors (Lipinski definition) is 4. The molecule has 0 aliphatic heterocycles. The van der Waals surface area contributed by atoms with Gasteiger partial charge in [0, 0.05) is 13.0 Å². The van der Waals surface area contributed by atoms with Gasteiger partial charge < -0.3 is 25.6 Å². The standard InChI is InChI=1S/C24H24N4O6/c1-28-21(22(30)26-20(12-29)23(31)32)10-14(27-28)11-25-24(33)34-13-19-17-8-4-2-6-15(17)16-7-3-5-9-18(16)19/h2-10,19-20,29H,11-13H2,1H3,(H,25,33)(H,26,30)(H,31,32). The van der Waals surface area contributed by atoms with E-state index in [4.69, 9.17) is 14.9 Å². The largest absolute Gasteiger partial charge is 0.480 e. The zero-order valence-electron chi connectivity index (χ0n) is 18.4. The normalized spacial score (nSPS) is 13.0. The summed E-state index contributed by atoms with van der Waals surface area (Å²) in [6.45, 7) is -0.553. The Morgan fingerprint density at radius 3 is 2.29 bits per heavy atom. The fourth-order valence-electron chi connectivity index (χ4n) is 4.06. The van der Waals surface area contributed by atoms with Crippen LogP contribution in [0.25, 0.3) is 11.1 Å². The lowest BCUT2D eigenvalue weighted by Crippen LogP contribution is -2.43. The Labute approximate surface area is 195 Å². The molecule has 3 aromatic rings. The van der Waals surface area contributed by atoms with Crippen molar-refractivity contribution < 1.29 is 29.3 Å². The zero-order chi connectivity index (χ0) is 24.2. The molecule has 1 aliphatic rings. The Morgan fingerprint density at radius 1 is 1.09 bits per heavy atom. The molecule has 1 aliphatic carbocycles. The van der Waals surface area contributed by atoms with Gasteiger partial charge in [-0.25, -0.2) is 9.59 Å². The van der Waals surface area contributed by atoms with Crippen molar-refractivity contribution in [3.8, 4) is 11.1 Å². The molecule has 10 nitrogen and oxygen atoms in total. The van der Waals surface area contributed by atoms with Crippen molar-refractivity contribution in [2.24, 2.45) is 7.05 Å². The number of carbonyl (C=O) groups excluding carboxylic acids is 2. The maximum absolute atomic E-state index is 12.3. The Morgan fingerprint density at radius 2 is 1.71 bits per heavy atom. The van der Waals surface area contributed by atoms with E-state index in [0.717, 1.165) is 22.3 Å². The van der Waals surface area contributed by atoms with Crippen LogP contribution in [0.15, 0.2) is 54.6 Å². The zero-order valence-corrected chi connectivity index (χ0v) is 18.4. The summed E-state index contributed by atoms with van der Waals surface area (Å²) < 4.78 is 6.75. The van der Waals surface area contributed by atoms with Crippen LogP contribution in [0.5, 0.6) is 0 Å². The van der Waals surface area contributed by atoms with E-state index in [1.807, 2.05) is 36.4 Å². The van der Waals surface area contributed by atoms with E-state index in [9.17, 15) is 14.4 Å². The summed E-state index contributed by atoms with van der Waals surface area (Å²) >= 11 is 0. The van der Waals surface area contributed by atoms with Crippen molar-refractivity contribution in [3.05, 3.63) is 77.1 Å². The van der Waals surface area contributed by atoms with Crippen LogP contribution in [0.3, 0.4) is 0 Å². The van der Waals surface area contributed by atoms with Gasteiger partial charge in [-0.3, -0.25) is 9.48 Å². The quantitative estimate of drug-likeness (QED) is 0.397. The number of hydrogen-bond acceptors (Lipinski definition) is 6. The molecule has 1 unspecified atom stereocenters. The molecule has 1 aromatic heterocycles. The number of aromatic nitrogens is 2. The first-order valence-electron chi connectivity index (χ1n) is 10.6. The molecule has 10 heteroatoms. The monoisotopic (exact) mass is 464 g/mol. The highest BCUT2D eigenvalue weighted by Crippen LogP contribution is 2.44. The first kappa shape index (κ1) is 23.0. The minimum atomic E-state index is -1.43. The highest BCUT2D eigenvalue weighted by molar-refractivity contribution is 5.95. The number of aliphatic hydroxyl groups excluding tert-OH is 1. The van der Waals surface area contributed by atoms with Gasteiger partial charge in [-0.1, -0.05) is 48.5 Å². The Hall–Kier alpha value is -4.18. The Balaban J connectivity index is 1.34. The number of benzene rings is 2. The summed E-state index contributed by atoms with van der Waals surface area (Å²) in [7, 11) is 1.51. The van der Waals surface area contributed by atoms with Gasteiger partial charge in [-0.05, 0) is 28.3 Å². The molecule has 34 heavy (non-hydrogen) atoms. The van der Waals surface area contributed by atoms with Crippen LogP contribution in [0.4, 0.5) is 4.79 Å². The second-order valence-corrected chi connectivity index (χ2v) is 7.87. The lowest BCUT2D eigenvalue weighted by atomic mass is 9.98. The van der Waals surface area contributed by atoms with Crippen LogP contribution in [0.2, 0.25) is 0 Å². The fourth-order valence-corrected chi connectivity index (χ4v) is 4.06. The molecule has 1 atom stereocenters. The molecule has 4 rings (SSSR count). The second kappa shape index (κ2) is 9.75. The number of amides is 2. The third kappa shape index (κ3) is 4.62. The number of fused-ring (bicyclic) bond motifs is 3. The highest BCUT2D eigenvalue weighted by Gasteiger charge is 2.29. The van der Waals surface area contributed by atoms with Crippen LogP contribution < -0.4 is 10.6 Å². The third-order valence-electron chi connectivity index (χ3n) is 5.71. The number of rotatable bonds is 8. The number of carboxylic acids is 1. The number of alkyl carbamates (subject to hydrolysis) is 1. The topological polar surface area (TPSA) is 143 Å². The van der Waals surface area contributed by atoms with Crippen molar-refractivity contribution in [2.75, 3.05) is 13.2 Å². The van der Waals surface area contributed by atoms with Gasteiger partial charge in [0.25, 0.3) is 5.91 Å². The van der Waals surface area contributed by atoms with Crippen molar-refractivity contribution in [3.63, 3.8) is 0 Å². The molecule has 0 saturated heterocycles. The smallest absolute Gasteiger partial charge is 0.407 e. The lowest BCUT2D eigenvalue weighted by Gasteiger charge is -2.14. The van der Waals surface area contributed by atoms with Crippen molar-refractivity contribution >= 4 is 18.0 Å². The average Bonchev–Trinajstić information content (AvgIpc) is 3.37. The number of nitrogens with zero attached hydrogens (tertiary/aromatic N) is 2. The van der Waals surface area contributed by atoms with Crippen LogP contribution in [0, 0.1) is 0 Å². The van der Waals surface area contributed by atoms with E-state index >= 15 is 0 Å². The van der Waals surface area contributed by atoms with Crippen molar-refractivity contribution in [1.82, 2.24) is 20.4 Å². The van der Waals surface area contributed by atoms with E-state index in [1.54, 1.807) is 0 Å². The molecule has 0 bridgehead atoms. The van der Waals surface area contributed by atoms with Crippen LogP contribution >= 0.6 is 0 Å². The number of ether oxygens (including phenoxy) is 1. The summed E-state index contributed by atoms with van der Waals surface area (Å²) in [5, 5.41) is 27.0. The predicted octanol–water partition coefficient (Wildman–Crippen LogP) is 1.63. The van der Waals surface area contributed by atoms with Gasteiger partial charge in [0.2, 0.25) is 0 Å². The third-order valence-corrected chi connectivity index (χ3v) is 5.71. The molecule has 2 amide bonds. The number of carboxylic acid groups (broad SMARTS) is 1. The Kier molecular flexibility index (Phi) is 6.60. The first-order chi connectivity index (χ1) is 16.4. The summed E-state index contributed by atoms with van der Waals surface area (Å²) in [6, 6.07) is 16.1. The molecule has 0 radical (unpaired) electrons. The number of carbonyl (C=O) groups is 3. The fraction of sp³-hybridized carbons (Fsp3) is 0.250. The van der Waals surface area contributed by atoms with Crippen molar-refractivity contribution in [1.29, 1.82) is 0 Å². The maximum atomic E-state index is 12.3. The van der Waals surface area contributed by atoms with Crippen LogP contribution in [-0.2, 0) is 23.1 Å². The lowest BCUT2D eigenvalue weighted by molar-refractivity contribution is -0.140.